The number of hydrogen-bond acceptors (Lipinski definition) is 9. The molecule has 0 radical (unpaired) electrons. The lowest BCUT2D eigenvalue weighted by Crippen LogP contribution is -2.60. The van der Waals surface area contributed by atoms with Crippen molar-refractivity contribution in [1.29, 1.82) is 0 Å². The molecule has 1 aromatic carbocycles. The van der Waals surface area contributed by atoms with Gasteiger partial charge in [-0.1, -0.05) is 17.3 Å². The van der Waals surface area contributed by atoms with E-state index in [4.69, 9.17) is 30.3 Å². The minimum Gasteiger partial charge on any atom is -0.493 e. The number of amides is 1. The molecule has 3 N–H and O–H groups in total. The van der Waals surface area contributed by atoms with Gasteiger partial charge in [-0.2, -0.15) is 0 Å². The summed E-state index contributed by atoms with van der Waals surface area (Å²) in [5.41, 5.74) is -2.76. The van der Waals surface area contributed by atoms with E-state index in [9.17, 15) is 19.8 Å². The van der Waals surface area contributed by atoms with E-state index in [1.807, 2.05) is 0 Å². The van der Waals surface area contributed by atoms with E-state index in [1.54, 1.807) is 12.1 Å². The van der Waals surface area contributed by atoms with Crippen LogP contribution in [0, 0.1) is 0 Å². The molecule has 0 spiro atoms. The number of aliphatic hydroxyl groups is 2. The highest BCUT2D eigenvalue weighted by molar-refractivity contribution is 6.43. The van der Waals surface area contributed by atoms with Crippen LogP contribution in [-0.4, -0.2) is 59.2 Å². The van der Waals surface area contributed by atoms with Crippen LogP contribution in [0.3, 0.4) is 0 Å². The Morgan fingerprint density at radius 2 is 2.10 bits per heavy atom. The quantitative estimate of drug-likeness (QED) is 0.358. The summed E-state index contributed by atoms with van der Waals surface area (Å²) < 4.78 is 15.8. The summed E-state index contributed by atoms with van der Waals surface area (Å²) in [4.78, 5) is 30.3. The van der Waals surface area contributed by atoms with Crippen LogP contribution in [0.1, 0.15) is 6.42 Å². The van der Waals surface area contributed by atoms with Crippen LogP contribution in [0.15, 0.2) is 44.7 Å². The van der Waals surface area contributed by atoms with E-state index in [-0.39, 0.29) is 29.2 Å². The zero-order chi connectivity index (χ0) is 22.3. The average Bonchev–Trinajstić information content (AvgIpc) is 2.76. The van der Waals surface area contributed by atoms with Gasteiger partial charge in [0.15, 0.2) is 17.4 Å². The fourth-order valence-electron chi connectivity index (χ4n) is 3.60. The standard InChI is InChI=1S/C20H19ClN2O8/c1-28-13-5-3-9-7-10(19(26)30-15(9)16(13)29-2)22-18(25)11-8-20(27)14(21)6-4-12(24)17(20)31-23-11/h3-7,12,14,17,24,27H,8H2,1-2H3,(H,22,25)/t12-,14-,17+,20+/m0/s1. The van der Waals surface area contributed by atoms with Crippen LogP contribution in [0.5, 0.6) is 11.5 Å². The van der Waals surface area contributed by atoms with Gasteiger partial charge in [0, 0.05) is 11.8 Å². The maximum atomic E-state index is 12.7. The van der Waals surface area contributed by atoms with Crippen molar-refractivity contribution in [1.82, 2.24) is 0 Å². The van der Waals surface area contributed by atoms with E-state index < -0.39 is 34.7 Å². The van der Waals surface area contributed by atoms with Gasteiger partial charge in [-0.05, 0) is 18.2 Å². The molecular weight excluding hydrogens is 432 g/mol. The first-order valence-electron chi connectivity index (χ1n) is 9.24. The number of halogens is 1. The van der Waals surface area contributed by atoms with Crippen molar-refractivity contribution in [3.8, 4) is 11.5 Å². The predicted molar refractivity (Wildman–Crippen MR) is 111 cm³/mol. The van der Waals surface area contributed by atoms with Crippen LogP contribution in [-0.2, 0) is 9.63 Å². The monoisotopic (exact) mass is 450 g/mol. The van der Waals surface area contributed by atoms with Crippen molar-refractivity contribution >= 4 is 39.9 Å². The number of nitrogens with one attached hydrogen (secondary N) is 1. The van der Waals surface area contributed by atoms with Crippen molar-refractivity contribution in [2.75, 3.05) is 19.5 Å². The Labute approximate surface area is 180 Å². The van der Waals surface area contributed by atoms with Gasteiger partial charge in [0.25, 0.3) is 5.91 Å². The summed E-state index contributed by atoms with van der Waals surface area (Å²) in [7, 11) is 2.86. The van der Waals surface area contributed by atoms with Gasteiger partial charge in [-0.3, -0.25) is 4.79 Å². The van der Waals surface area contributed by atoms with Crippen molar-refractivity contribution in [2.45, 2.75) is 29.6 Å². The molecule has 2 heterocycles. The number of alkyl halides is 1. The Hall–Kier alpha value is -3.08. The molecule has 1 aliphatic heterocycles. The van der Waals surface area contributed by atoms with Gasteiger partial charge in [0.2, 0.25) is 5.75 Å². The van der Waals surface area contributed by atoms with Gasteiger partial charge in [0.1, 0.15) is 23.1 Å². The van der Waals surface area contributed by atoms with E-state index in [1.165, 1.54) is 32.4 Å². The molecule has 0 bridgehead atoms. The molecular formula is C20H19ClN2O8. The largest absolute Gasteiger partial charge is 0.493 e. The lowest BCUT2D eigenvalue weighted by Gasteiger charge is -2.43. The lowest BCUT2D eigenvalue weighted by molar-refractivity contribution is -0.153. The van der Waals surface area contributed by atoms with Crippen molar-refractivity contribution < 1.29 is 33.7 Å². The number of oxime groups is 1. The third-order valence-electron chi connectivity index (χ3n) is 5.24. The number of hydrogen-bond donors (Lipinski definition) is 3. The molecule has 4 atom stereocenters. The van der Waals surface area contributed by atoms with E-state index >= 15 is 0 Å². The topological polar surface area (TPSA) is 140 Å². The first-order valence-corrected chi connectivity index (χ1v) is 9.68. The average molecular weight is 451 g/mol. The predicted octanol–water partition coefficient (Wildman–Crippen LogP) is 1.16. The molecule has 0 unspecified atom stereocenters. The second-order valence-electron chi connectivity index (χ2n) is 7.13. The second-order valence-corrected chi connectivity index (χ2v) is 7.60. The molecule has 1 aliphatic carbocycles. The highest BCUT2D eigenvalue weighted by Gasteiger charge is 2.53. The Kier molecular flexibility index (Phi) is 5.38. The number of aliphatic hydroxyl groups excluding tert-OH is 1. The molecule has 4 rings (SSSR count). The molecule has 2 aromatic rings. The molecule has 1 amide bonds. The Morgan fingerprint density at radius 1 is 1.32 bits per heavy atom. The van der Waals surface area contributed by atoms with Crippen LogP contribution >= 0.6 is 11.6 Å². The van der Waals surface area contributed by atoms with E-state index in [2.05, 4.69) is 10.5 Å². The maximum Gasteiger partial charge on any atom is 0.360 e. The summed E-state index contributed by atoms with van der Waals surface area (Å²) in [6.45, 7) is 0. The number of anilines is 1. The molecule has 0 saturated carbocycles. The third kappa shape index (κ3) is 3.52. The third-order valence-corrected chi connectivity index (χ3v) is 5.76. The van der Waals surface area contributed by atoms with E-state index in [0.29, 0.717) is 11.1 Å². The van der Waals surface area contributed by atoms with Gasteiger partial charge in [-0.25, -0.2) is 4.79 Å². The summed E-state index contributed by atoms with van der Waals surface area (Å²) in [5, 5.41) is 26.6. The zero-order valence-corrected chi connectivity index (χ0v) is 17.3. The maximum absolute atomic E-state index is 12.7. The number of ether oxygens (including phenoxy) is 2. The van der Waals surface area contributed by atoms with Crippen molar-refractivity contribution in [3.63, 3.8) is 0 Å². The zero-order valence-electron chi connectivity index (χ0n) is 16.5. The van der Waals surface area contributed by atoms with Crippen molar-refractivity contribution in [2.24, 2.45) is 5.16 Å². The molecule has 11 heteroatoms. The molecule has 2 aliphatic rings. The van der Waals surface area contributed by atoms with Crippen LogP contribution in [0.25, 0.3) is 11.0 Å². The molecule has 1 aromatic heterocycles. The number of carbonyl (C=O) groups is 1. The minimum atomic E-state index is -1.75. The number of fused-ring (bicyclic) bond motifs is 2. The minimum absolute atomic E-state index is 0.146. The van der Waals surface area contributed by atoms with Crippen LogP contribution < -0.4 is 20.4 Å². The normalized spacial score (nSPS) is 27.1. The Bertz CT molecular complexity index is 1160. The molecule has 164 valence electrons. The van der Waals surface area contributed by atoms with Gasteiger partial charge in [-0.15, -0.1) is 11.6 Å². The number of methoxy groups -OCH3 is 2. The second kappa shape index (κ2) is 7.88. The Morgan fingerprint density at radius 3 is 2.81 bits per heavy atom. The highest BCUT2D eigenvalue weighted by Crippen LogP contribution is 2.37. The molecule has 0 saturated heterocycles. The highest BCUT2D eigenvalue weighted by atomic mass is 35.5. The summed E-state index contributed by atoms with van der Waals surface area (Å²) in [5.74, 6) is -0.164. The lowest BCUT2D eigenvalue weighted by atomic mass is 9.79. The summed E-state index contributed by atoms with van der Waals surface area (Å²) >= 11 is 6.17. The Balaban J connectivity index is 1.62. The van der Waals surface area contributed by atoms with Crippen LogP contribution in [0.2, 0.25) is 0 Å². The number of carbonyl (C=O) groups excluding carboxylic acids is 1. The first-order chi connectivity index (χ1) is 14.8. The molecule has 31 heavy (non-hydrogen) atoms. The number of benzene rings is 1. The van der Waals surface area contributed by atoms with Crippen molar-refractivity contribution in [3.05, 3.63) is 40.8 Å². The molecule has 0 fully saturated rings. The molecule has 10 nitrogen and oxygen atoms in total. The summed E-state index contributed by atoms with van der Waals surface area (Å²) in [6.07, 6.45) is 0.272. The van der Waals surface area contributed by atoms with Crippen LogP contribution in [0.4, 0.5) is 5.69 Å². The number of rotatable bonds is 4. The van der Waals surface area contributed by atoms with Gasteiger partial charge < -0.3 is 34.3 Å². The summed E-state index contributed by atoms with van der Waals surface area (Å²) in [6, 6.07) is 4.68. The smallest absolute Gasteiger partial charge is 0.360 e. The van der Waals surface area contributed by atoms with Gasteiger partial charge >= 0.3 is 5.63 Å². The number of nitrogens with zero attached hydrogens (tertiary/aromatic N) is 1. The fourth-order valence-corrected chi connectivity index (χ4v) is 3.89. The fraction of sp³-hybridized carbons (Fsp3) is 0.350. The van der Waals surface area contributed by atoms with Gasteiger partial charge in [0.05, 0.1) is 19.6 Å². The first kappa shape index (κ1) is 21.2. The van der Waals surface area contributed by atoms with E-state index in [0.717, 1.165) is 0 Å². The SMILES string of the molecule is COc1ccc2cc(NC(=O)C3=NO[C@@H]4[C@@H](O)C=C[C@H](Cl)[C@]4(O)C3)c(=O)oc2c1OC.